The van der Waals surface area contributed by atoms with Gasteiger partial charge in [0.2, 0.25) is 0 Å². The molecule has 0 bridgehead atoms. The number of halogens is 6. The van der Waals surface area contributed by atoms with Gasteiger partial charge in [0.05, 0.1) is 27.2 Å². The number of benzene rings is 3. The number of fused-ring (bicyclic) bond motifs is 1. The normalized spacial score (nSPS) is 17.7. The quantitative estimate of drug-likeness (QED) is 0.191. The fourth-order valence-corrected chi connectivity index (χ4v) is 7.60. The van der Waals surface area contributed by atoms with Crippen LogP contribution in [0.2, 0.25) is 0 Å². The number of aromatic nitrogens is 1. The Morgan fingerprint density at radius 2 is 1.54 bits per heavy atom. The molecule has 1 amide bonds. The van der Waals surface area contributed by atoms with Gasteiger partial charge in [0.25, 0.3) is 5.91 Å². The first-order valence-corrected chi connectivity index (χ1v) is 18.2. The molecule has 1 aromatic heterocycles. The van der Waals surface area contributed by atoms with Gasteiger partial charge in [0.1, 0.15) is 0 Å². The van der Waals surface area contributed by atoms with Crippen LogP contribution in [0.1, 0.15) is 58.8 Å². The molecule has 0 unspecified atom stereocenters. The lowest BCUT2D eigenvalue weighted by molar-refractivity contribution is -0.155. The lowest BCUT2D eigenvalue weighted by Gasteiger charge is -2.37. The minimum Gasteiger partial charge on any atom is -0.337 e. The molecule has 2 fully saturated rings. The van der Waals surface area contributed by atoms with Crippen LogP contribution in [0.25, 0.3) is 22.2 Å². The molecule has 2 aliphatic heterocycles. The molecule has 0 saturated carbocycles. The number of hydrogen-bond donors (Lipinski definition) is 1. The molecule has 14 heteroatoms. The second-order valence-electron chi connectivity index (χ2n) is 12.9. The van der Waals surface area contributed by atoms with E-state index in [2.05, 4.69) is 15.1 Å². The number of piperidine rings is 1. The minimum atomic E-state index is -4.90. The Morgan fingerprint density at radius 1 is 0.900 bits per heavy atom. The van der Waals surface area contributed by atoms with Gasteiger partial charge in [-0.15, -0.1) is 0 Å². The summed E-state index contributed by atoms with van der Waals surface area (Å²) in [6.07, 6.45) is -4.63. The maximum atomic E-state index is 14.5. The number of sulfone groups is 1. The Kier molecular flexibility index (Phi) is 9.99. The number of nitrogens with zero attached hydrogens (tertiary/aromatic N) is 3. The monoisotopic (exact) mass is 718 g/mol. The molecular weight excluding hydrogens is 682 g/mol. The van der Waals surface area contributed by atoms with Crippen molar-refractivity contribution in [2.75, 3.05) is 32.4 Å². The van der Waals surface area contributed by atoms with Crippen molar-refractivity contribution in [3.05, 3.63) is 95.1 Å². The van der Waals surface area contributed by atoms with Gasteiger partial charge in [-0.05, 0) is 87.8 Å². The number of likely N-dealkylation sites (tertiary alicyclic amines) is 2. The van der Waals surface area contributed by atoms with E-state index >= 15 is 0 Å². The molecule has 1 atom stereocenters. The molecule has 2 saturated heterocycles. The van der Waals surface area contributed by atoms with E-state index in [1.165, 1.54) is 54.6 Å². The van der Waals surface area contributed by atoms with Crippen LogP contribution in [0.15, 0.2) is 77.7 Å². The average Bonchev–Trinajstić information content (AvgIpc) is 3.61. The van der Waals surface area contributed by atoms with Crippen molar-refractivity contribution < 1.29 is 39.6 Å². The third-order valence-corrected chi connectivity index (χ3v) is 10.6. The largest absolute Gasteiger partial charge is 0.416 e. The van der Waals surface area contributed by atoms with Crippen LogP contribution in [0.5, 0.6) is 0 Å². The summed E-state index contributed by atoms with van der Waals surface area (Å²) >= 11 is 0. The predicted molar refractivity (Wildman–Crippen MR) is 177 cm³/mol. The summed E-state index contributed by atoms with van der Waals surface area (Å²) in [6, 6.07) is 12.9. The maximum Gasteiger partial charge on any atom is 0.416 e. The predicted octanol–water partition coefficient (Wildman–Crippen LogP) is 7.42. The van der Waals surface area contributed by atoms with Crippen LogP contribution in [0, 0.1) is 0 Å². The second-order valence-corrected chi connectivity index (χ2v) is 15.0. The van der Waals surface area contributed by atoms with E-state index in [4.69, 9.17) is 4.98 Å². The highest BCUT2D eigenvalue weighted by Crippen LogP contribution is 2.38. The Hall–Kier alpha value is -4.01. The number of hydrogen-bond acceptors (Lipinski definition) is 6. The van der Waals surface area contributed by atoms with Gasteiger partial charge in [0.15, 0.2) is 15.9 Å². The zero-order valence-electron chi connectivity index (χ0n) is 27.2. The highest BCUT2D eigenvalue weighted by molar-refractivity contribution is 7.90. The maximum absolute atomic E-state index is 14.5. The van der Waals surface area contributed by atoms with E-state index in [1.807, 2.05) is 0 Å². The number of carbonyl (C=O) groups is 1. The zero-order chi connectivity index (χ0) is 35.8. The topological polar surface area (TPSA) is 82.6 Å². The van der Waals surface area contributed by atoms with Crippen LogP contribution in [-0.4, -0.2) is 73.8 Å². The smallest absolute Gasteiger partial charge is 0.337 e. The lowest BCUT2D eigenvalue weighted by Crippen LogP contribution is -2.44. The summed E-state index contributed by atoms with van der Waals surface area (Å²) in [7, 11) is -3.82. The second kappa shape index (κ2) is 14.0. The van der Waals surface area contributed by atoms with Gasteiger partial charge in [-0.2, -0.15) is 26.3 Å². The van der Waals surface area contributed by atoms with E-state index in [-0.39, 0.29) is 50.3 Å². The molecule has 0 spiro atoms. The van der Waals surface area contributed by atoms with Crippen LogP contribution < -0.4 is 5.32 Å². The zero-order valence-corrected chi connectivity index (χ0v) is 28.0. The van der Waals surface area contributed by atoms with E-state index in [9.17, 15) is 39.6 Å². The van der Waals surface area contributed by atoms with Gasteiger partial charge in [0, 0.05) is 35.4 Å². The van der Waals surface area contributed by atoms with Crippen molar-refractivity contribution in [1.29, 1.82) is 0 Å². The Balaban J connectivity index is 1.52. The fourth-order valence-electron chi connectivity index (χ4n) is 6.96. The number of pyridine rings is 1. The first-order valence-electron chi connectivity index (χ1n) is 16.3. The molecule has 3 aromatic carbocycles. The highest BCUT2D eigenvalue weighted by Gasteiger charge is 2.43. The molecule has 266 valence electrons. The molecule has 0 radical (unpaired) electrons. The Morgan fingerprint density at radius 3 is 2.12 bits per heavy atom. The van der Waals surface area contributed by atoms with Crippen LogP contribution in [0.3, 0.4) is 0 Å². The summed E-state index contributed by atoms with van der Waals surface area (Å²) in [5.74, 6) is -1.12. The van der Waals surface area contributed by atoms with Gasteiger partial charge in [-0.1, -0.05) is 42.5 Å². The Labute approximate surface area is 286 Å². The van der Waals surface area contributed by atoms with Crippen molar-refractivity contribution in [1.82, 2.24) is 20.1 Å². The summed E-state index contributed by atoms with van der Waals surface area (Å²) in [5, 5.41) is 2.17. The summed E-state index contributed by atoms with van der Waals surface area (Å²) in [6.45, 7) is 3.29. The van der Waals surface area contributed by atoms with E-state index in [0.29, 0.717) is 19.1 Å². The fraction of sp³-hybridized carbons (Fsp3) is 0.389. The SMILES string of the molecule is CS(=O)(=O)c1ccc2nc(-c3ccc(C(F)(F)F)cc3)c(CN3CCC(N4CCCC4)CC3)c(C(=O)N[C@H](c3ccccc3)C(F)(F)F)c2c1. The van der Waals surface area contributed by atoms with E-state index < -0.39 is 39.7 Å². The molecule has 4 aromatic rings. The van der Waals surface area contributed by atoms with E-state index in [1.54, 1.807) is 6.07 Å². The first kappa shape index (κ1) is 35.8. The third kappa shape index (κ3) is 7.82. The van der Waals surface area contributed by atoms with Gasteiger partial charge >= 0.3 is 12.4 Å². The summed E-state index contributed by atoms with van der Waals surface area (Å²) in [5.41, 5.74) is -0.711. The Bertz CT molecular complexity index is 1950. The summed E-state index contributed by atoms with van der Waals surface area (Å²) < 4.78 is 109. The minimum absolute atomic E-state index is 0.0111. The number of alkyl halides is 6. The van der Waals surface area contributed by atoms with Crippen molar-refractivity contribution in [3.8, 4) is 11.3 Å². The number of amides is 1. The number of rotatable bonds is 8. The van der Waals surface area contributed by atoms with Gasteiger partial charge < -0.3 is 10.2 Å². The standard InChI is InChI=1S/C36H36F6N4O3S/c1-50(48,49)27-13-14-30-28(21-27)31(34(47)44-33(36(40,41)42)24-7-3-2-4-8-24)29(22-45-19-15-26(16-20-45)46-17-5-6-18-46)32(43-30)23-9-11-25(12-10-23)35(37,38)39/h2-4,7-14,21,26,33H,5-6,15-20,22H2,1H3,(H,44,47)/t33-/m1/s1. The third-order valence-electron chi connectivity index (χ3n) is 9.53. The summed E-state index contributed by atoms with van der Waals surface area (Å²) in [4.78, 5) is 23.4. The van der Waals surface area contributed by atoms with Crippen molar-refractivity contribution >= 4 is 26.6 Å². The lowest BCUT2D eigenvalue weighted by atomic mass is 9.93. The average molecular weight is 719 g/mol. The number of nitrogens with one attached hydrogen (secondary N) is 1. The van der Waals surface area contributed by atoms with Crippen LogP contribution in [0.4, 0.5) is 26.3 Å². The highest BCUT2D eigenvalue weighted by atomic mass is 32.2. The molecule has 50 heavy (non-hydrogen) atoms. The van der Waals surface area contributed by atoms with Crippen LogP contribution in [-0.2, 0) is 22.6 Å². The molecule has 2 aliphatic rings. The molecule has 0 aliphatic carbocycles. The van der Waals surface area contributed by atoms with Crippen molar-refractivity contribution in [3.63, 3.8) is 0 Å². The number of carbonyl (C=O) groups excluding carboxylic acids is 1. The molecule has 6 rings (SSSR count). The van der Waals surface area contributed by atoms with Gasteiger partial charge in [-0.25, -0.2) is 13.4 Å². The van der Waals surface area contributed by atoms with Crippen LogP contribution >= 0.6 is 0 Å². The molecule has 1 N–H and O–H groups in total. The van der Waals surface area contributed by atoms with Crippen molar-refractivity contribution in [2.45, 2.75) is 61.6 Å². The molecule has 7 nitrogen and oxygen atoms in total. The van der Waals surface area contributed by atoms with E-state index in [0.717, 1.165) is 57.2 Å². The van der Waals surface area contributed by atoms with Crippen molar-refractivity contribution in [2.24, 2.45) is 0 Å². The first-order chi connectivity index (χ1) is 23.6. The van der Waals surface area contributed by atoms with Gasteiger partial charge in [-0.3, -0.25) is 9.69 Å². The molecular formula is C36H36F6N4O3S. The molecule has 3 heterocycles.